The third kappa shape index (κ3) is 12.1. The number of hydrogen-bond donors (Lipinski definition) is 0. The molecule has 0 saturated heterocycles. The summed E-state index contributed by atoms with van der Waals surface area (Å²) in [5.74, 6) is -1.62. The lowest BCUT2D eigenvalue weighted by Crippen LogP contribution is -2.19. The summed E-state index contributed by atoms with van der Waals surface area (Å²) >= 11 is 0. The Balaban J connectivity index is 0.000000353. The molecule has 3 aromatic carbocycles. The summed E-state index contributed by atoms with van der Waals surface area (Å²) in [4.78, 5) is 0. The number of benzene rings is 3. The monoisotopic (exact) mass is 660 g/mol. The van der Waals surface area contributed by atoms with Gasteiger partial charge in [0.05, 0.1) is 0 Å². The molecule has 0 aliphatic rings. The van der Waals surface area contributed by atoms with E-state index in [2.05, 4.69) is 20.8 Å². The Morgan fingerprint density at radius 2 is 0.596 bits per heavy atom. The van der Waals surface area contributed by atoms with Gasteiger partial charge in [0.15, 0.2) is 0 Å². The Morgan fingerprint density at radius 1 is 0.298 bits per heavy atom. The van der Waals surface area contributed by atoms with Crippen LogP contribution in [0.5, 0.6) is 0 Å². The largest absolute Gasteiger partial charge is 0.207 e. The molecule has 0 aliphatic carbocycles. The van der Waals surface area contributed by atoms with Gasteiger partial charge in [0.1, 0.15) is 29.1 Å². The first-order valence-electron chi connectivity index (χ1n) is 16.5. The van der Waals surface area contributed by atoms with Gasteiger partial charge in [0.2, 0.25) is 0 Å². The van der Waals surface area contributed by atoms with Gasteiger partial charge < -0.3 is 0 Å². The topological polar surface area (TPSA) is 0 Å². The minimum atomic E-state index is -0.509. The SMILES string of the molecule is CC(C)(C)c1cc(F)c(C(C)(C)C)c(F)c1.CC(C)(C)c1cc(F)c(C(C)(C)C)cc1F.CC(C)(C)c1ccc(C(C)(C)C)c(F)c1. The third-order valence-electron chi connectivity index (χ3n) is 7.97. The maximum atomic E-state index is 13.9. The molecule has 3 rings (SSSR count). The first-order valence-corrected chi connectivity index (χ1v) is 16.5. The van der Waals surface area contributed by atoms with Crippen molar-refractivity contribution in [3.8, 4) is 0 Å². The predicted octanol–water partition coefficient (Wildman–Crippen LogP) is 13.5. The van der Waals surface area contributed by atoms with Gasteiger partial charge in [-0.05, 0) is 90.6 Å². The van der Waals surface area contributed by atoms with Gasteiger partial charge in [-0.15, -0.1) is 0 Å². The quantitative estimate of drug-likeness (QED) is 0.211. The molecule has 0 amide bonds. The molecule has 0 heterocycles. The second-order valence-corrected chi connectivity index (χ2v) is 18.8. The molecule has 0 spiro atoms. The number of halogens is 5. The Bertz CT molecular complexity index is 1440. The molecular formula is C42H61F5. The van der Waals surface area contributed by atoms with E-state index in [4.69, 9.17) is 0 Å². The molecule has 0 aromatic heterocycles. The summed E-state index contributed by atoms with van der Waals surface area (Å²) in [6.07, 6.45) is 0. The van der Waals surface area contributed by atoms with Crippen LogP contribution in [-0.4, -0.2) is 0 Å². The molecule has 47 heavy (non-hydrogen) atoms. The van der Waals surface area contributed by atoms with Crippen LogP contribution in [0, 0.1) is 29.1 Å². The molecule has 0 bridgehead atoms. The molecule has 0 nitrogen and oxygen atoms in total. The lowest BCUT2D eigenvalue weighted by molar-refractivity contribution is 0.466. The van der Waals surface area contributed by atoms with Crippen molar-refractivity contribution in [1.29, 1.82) is 0 Å². The lowest BCUT2D eigenvalue weighted by Gasteiger charge is -2.24. The summed E-state index contributed by atoms with van der Waals surface area (Å²) in [7, 11) is 0. The summed E-state index contributed by atoms with van der Waals surface area (Å²) in [5, 5.41) is 0. The molecular weight excluding hydrogens is 599 g/mol. The highest BCUT2D eigenvalue weighted by Gasteiger charge is 2.27. The third-order valence-corrected chi connectivity index (χ3v) is 7.97. The van der Waals surface area contributed by atoms with E-state index in [1.54, 1.807) is 6.07 Å². The average molecular weight is 661 g/mol. The maximum absolute atomic E-state index is 13.9. The second-order valence-electron chi connectivity index (χ2n) is 18.8. The van der Waals surface area contributed by atoms with Crippen LogP contribution in [0.25, 0.3) is 0 Å². The highest BCUT2D eigenvalue weighted by atomic mass is 19.1. The lowest BCUT2D eigenvalue weighted by atomic mass is 9.81. The molecule has 0 saturated carbocycles. The number of rotatable bonds is 0. The molecule has 264 valence electrons. The van der Waals surface area contributed by atoms with Crippen LogP contribution >= 0.6 is 0 Å². The highest BCUT2D eigenvalue weighted by molar-refractivity contribution is 5.36. The summed E-state index contributed by atoms with van der Waals surface area (Å²) < 4.78 is 69.5. The zero-order valence-corrected chi connectivity index (χ0v) is 32.4. The van der Waals surface area contributed by atoms with Crippen molar-refractivity contribution in [3.63, 3.8) is 0 Å². The van der Waals surface area contributed by atoms with Gasteiger partial charge in [-0.2, -0.15) is 0 Å². The van der Waals surface area contributed by atoms with Crippen LogP contribution in [0.1, 0.15) is 158 Å². The van der Waals surface area contributed by atoms with Crippen LogP contribution in [0.3, 0.4) is 0 Å². The van der Waals surface area contributed by atoms with E-state index in [9.17, 15) is 22.0 Å². The second kappa shape index (κ2) is 14.4. The Hall–Kier alpha value is -2.69. The Labute approximate surface area is 283 Å². The van der Waals surface area contributed by atoms with Crippen molar-refractivity contribution >= 4 is 0 Å². The standard InChI is InChI=1S/2C14H20F2.C14H21F/c1-13(2,3)9-7-12(16)10(8-11(9)15)14(4,5)6;1-13(2,3)9-7-10(15)12(11(16)8-9)14(4,5)6;1-13(2,3)10-7-8-11(12(15)9-10)14(4,5)6/h2*7-8H,1-6H3;7-9H,1-6H3. The zero-order chi connectivity index (χ0) is 37.3. The summed E-state index contributed by atoms with van der Waals surface area (Å²) in [6, 6.07) is 11.2. The molecule has 0 fully saturated rings. The minimum Gasteiger partial charge on any atom is -0.207 e. The first kappa shape index (κ1) is 42.3. The normalized spacial score (nSPS) is 13.0. The van der Waals surface area contributed by atoms with Crippen molar-refractivity contribution in [1.82, 2.24) is 0 Å². The van der Waals surface area contributed by atoms with E-state index < -0.39 is 17.0 Å². The molecule has 0 aliphatic heterocycles. The van der Waals surface area contributed by atoms with Crippen molar-refractivity contribution in [2.75, 3.05) is 0 Å². The predicted molar refractivity (Wildman–Crippen MR) is 191 cm³/mol. The maximum Gasteiger partial charge on any atom is 0.130 e. The van der Waals surface area contributed by atoms with Crippen molar-refractivity contribution in [2.24, 2.45) is 0 Å². The highest BCUT2D eigenvalue weighted by Crippen LogP contribution is 2.34. The van der Waals surface area contributed by atoms with Gasteiger partial charge >= 0.3 is 0 Å². The Kier molecular flexibility index (Phi) is 13.0. The molecule has 0 N–H and O–H groups in total. The van der Waals surface area contributed by atoms with Crippen LogP contribution in [0.2, 0.25) is 0 Å². The number of hydrogen-bond acceptors (Lipinski definition) is 0. The molecule has 0 radical (unpaired) electrons. The van der Waals surface area contributed by atoms with Gasteiger partial charge in [0.25, 0.3) is 0 Å². The van der Waals surface area contributed by atoms with Gasteiger partial charge in [-0.1, -0.05) is 137 Å². The van der Waals surface area contributed by atoms with Crippen LogP contribution in [0.15, 0.2) is 42.5 Å². The molecule has 0 atom stereocenters. The van der Waals surface area contributed by atoms with E-state index in [1.165, 1.54) is 24.3 Å². The summed E-state index contributed by atoms with van der Waals surface area (Å²) in [5.41, 5.74) is 1.94. The minimum absolute atomic E-state index is 0.0112. The fourth-order valence-electron chi connectivity index (χ4n) is 5.01. The van der Waals surface area contributed by atoms with E-state index in [1.807, 2.05) is 116 Å². The average Bonchev–Trinajstić information content (AvgIpc) is 2.81. The van der Waals surface area contributed by atoms with E-state index in [0.29, 0.717) is 16.7 Å². The fourth-order valence-corrected chi connectivity index (χ4v) is 5.01. The molecule has 3 aromatic rings. The Morgan fingerprint density at radius 3 is 0.851 bits per heavy atom. The summed E-state index contributed by atoms with van der Waals surface area (Å²) in [6.45, 7) is 34.9. The van der Waals surface area contributed by atoms with E-state index in [0.717, 1.165) is 11.1 Å². The van der Waals surface area contributed by atoms with Gasteiger partial charge in [0, 0.05) is 5.56 Å². The van der Waals surface area contributed by atoms with E-state index in [-0.39, 0.29) is 50.1 Å². The van der Waals surface area contributed by atoms with Crippen molar-refractivity contribution in [2.45, 2.75) is 157 Å². The fraction of sp³-hybridized carbons (Fsp3) is 0.571. The van der Waals surface area contributed by atoms with Gasteiger partial charge in [-0.3, -0.25) is 0 Å². The zero-order valence-electron chi connectivity index (χ0n) is 32.4. The first-order chi connectivity index (χ1) is 20.7. The molecule has 0 unspecified atom stereocenters. The van der Waals surface area contributed by atoms with Crippen LogP contribution < -0.4 is 0 Å². The van der Waals surface area contributed by atoms with Gasteiger partial charge in [-0.25, -0.2) is 22.0 Å². The molecule has 5 heteroatoms. The van der Waals surface area contributed by atoms with Crippen LogP contribution in [0.4, 0.5) is 22.0 Å². The smallest absolute Gasteiger partial charge is 0.130 e. The van der Waals surface area contributed by atoms with Crippen molar-refractivity contribution in [3.05, 3.63) is 105 Å². The van der Waals surface area contributed by atoms with Crippen LogP contribution in [-0.2, 0) is 32.5 Å². The van der Waals surface area contributed by atoms with Crippen molar-refractivity contribution < 1.29 is 22.0 Å². The van der Waals surface area contributed by atoms with E-state index >= 15 is 0 Å².